The summed E-state index contributed by atoms with van der Waals surface area (Å²) in [6.45, 7) is 1.42. The fourth-order valence-electron chi connectivity index (χ4n) is 1.75. The molecule has 2 aromatic carbocycles. The average Bonchev–Trinajstić information content (AvgIpc) is 2.48. The first-order valence-electron chi connectivity index (χ1n) is 6.37. The van der Waals surface area contributed by atoms with Gasteiger partial charge in [-0.1, -0.05) is 24.0 Å². The molecule has 3 nitrogen and oxygen atoms in total. The number of hydrogen-bond donors (Lipinski definition) is 2. The molecule has 106 valence electrons. The second-order valence-corrected chi connectivity index (χ2v) is 4.46. The Bertz CT molecular complexity index is 729. The number of nitrogens with one attached hydrogen (secondary N) is 1. The van der Waals surface area contributed by atoms with Crippen LogP contribution in [0.15, 0.2) is 42.5 Å². The molecule has 2 aromatic rings. The van der Waals surface area contributed by atoms with E-state index in [9.17, 15) is 9.18 Å². The number of carbonyl (C=O) groups excluding carboxylic acids is 1. The van der Waals surface area contributed by atoms with E-state index >= 15 is 0 Å². The normalized spacial score (nSPS) is 9.67. The van der Waals surface area contributed by atoms with E-state index in [4.69, 9.17) is 5.11 Å². The van der Waals surface area contributed by atoms with Crippen LogP contribution < -0.4 is 5.32 Å². The van der Waals surface area contributed by atoms with E-state index in [1.807, 2.05) is 0 Å². The lowest BCUT2D eigenvalue weighted by Gasteiger charge is -2.06. The van der Waals surface area contributed by atoms with Crippen LogP contribution in [0.1, 0.15) is 21.5 Å². The zero-order chi connectivity index (χ0) is 15.2. The zero-order valence-electron chi connectivity index (χ0n) is 11.5. The number of aryl methyl sites for hydroxylation is 1. The monoisotopic (exact) mass is 283 g/mol. The predicted molar refractivity (Wildman–Crippen MR) is 79.5 cm³/mol. The van der Waals surface area contributed by atoms with Crippen LogP contribution in [-0.4, -0.2) is 17.6 Å². The minimum absolute atomic E-state index is 0.223. The van der Waals surface area contributed by atoms with Gasteiger partial charge in [-0.25, -0.2) is 4.39 Å². The van der Waals surface area contributed by atoms with Gasteiger partial charge < -0.3 is 10.4 Å². The van der Waals surface area contributed by atoms with Crippen LogP contribution in [0.2, 0.25) is 0 Å². The van der Waals surface area contributed by atoms with Crippen molar-refractivity contribution in [3.8, 4) is 11.8 Å². The Hall–Kier alpha value is -2.64. The molecule has 2 N–H and O–H groups in total. The van der Waals surface area contributed by atoms with Crippen LogP contribution in [0.25, 0.3) is 0 Å². The third kappa shape index (κ3) is 3.91. The Labute approximate surface area is 122 Å². The summed E-state index contributed by atoms with van der Waals surface area (Å²) in [5.41, 5.74) is 1.99. The van der Waals surface area contributed by atoms with Crippen molar-refractivity contribution in [2.75, 3.05) is 11.9 Å². The molecule has 0 unspecified atom stereocenters. The standard InChI is InChI=1S/C17H14FNO2/c1-12-7-8-14(11-16(12)18)17(21)19-15-6-2-4-13(10-15)5-3-9-20/h2,4,6-8,10-11,20H,9H2,1H3,(H,19,21). The number of anilines is 1. The van der Waals surface area contributed by atoms with Gasteiger partial charge in [-0.05, 0) is 42.8 Å². The highest BCUT2D eigenvalue weighted by molar-refractivity contribution is 6.04. The fraction of sp³-hybridized carbons (Fsp3) is 0.118. The van der Waals surface area contributed by atoms with Crippen LogP contribution in [0.3, 0.4) is 0 Å². The molecule has 0 aliphatic carbocycles. The number of hydrogen-bond acceptors (Lipinski definition) is 2. The maximum atomic E-state index is 13.5. The molecular weight excluding hydrogens is 269 g/mol. The molecule has 4 heteroatoms. The lowest BCUT2D eigenvalue weighted by molar-refractivity contribution is 0.102. The molecule has 1 amide bonds. The van der Waals surface area contributed by atoms with E-state index in [2.05, 4.69) is 17.2 Å². The average molecular weight is 283 g/mol. The summed E-state index contributed by atoms with van der Waals surface area (Å²) in [4.78, 5) is 12.0. The van der Waals surface area contributed by atoms with E-state index in [0.717, 1.165) is 0 Å². The van der Waals surface area contributed by atoms with Gasteiger partial charge in [0.15, 0.2) is 0 Å². The van der Waals surface area contributed by atoms with Crippen molar-refractivity contribution >= 4 is 11.6 Å². The highest BCUT2D eigenvalue weighted by atomic mass is 19.1. The van der Waals surface area contributed by atoms with Gasteiger partial charge in [-0.15, -0.1) is 0 Å². The van der Waals surface area contributed by atoms with Gasteiger partial charge in [0.05, 0.1) is 0 Å². The van der Waals surface area contributed by atoms with Crippen LogP contribution in [0.5, 0.6) is 0 Å². The van der Waals surface area contributed by atoms with Crippen molar-refractivity contribution < 1.29 is 14.3 Å². The van der Waals surface area contributed by atoms with Gasteiger partial charge in [-0.3, -0.25) is 4.79 Å². The smallest absolute Gasteiger partial charge is 0.255 e. The van der Waals surface area contributed by atoms with Crippen LogP contribution in [0, 0.1) is 24.6 Å². The third-order valence-electron chi connectivity index (χ3n) is 2.87. The Kier molecular flexibility index (Phi) is 4.70. The van der Waals surface area contributed by atoms with Gasteiger partial charge in [0.2, 0.25) is 0 Å². The number of aliphatic hydroxyl groups excluding tert-OH is 1. The third-order valence-corrected chi connectivity index (χ3v) is 2.87. The Morgan fingerprint density at radius 3 is 2.81 bits per heavy atom. The molecule has 0 spiro atoms. The molecule has 0 aliphatic heterocycles. The number of aliphatic hydroxyl groups is 1. The van der Waals surface area contributed by atoms with Gasteiger partial charge in [0.1, 0.15) is 12.4 Å². The summed E-state index contributed by atoms with van der Waals surface area (Å²) >= 11 is 0. The molecule has 0 heterocycles. The fourth-order valence-corrected chi connectivity index (χ4v) is 1.75. The molecular formula is C17H14FNO2. The molecule has 0 aliphatic rings. The number of amides is 1. The summed E-state index contributed by atoms with van der Waals surface area (Å²) in [5, 5.41) is 11.3. The molecule has 0 saturated heterocycles. The molecule has 2 rings (SSSR count). The second kappa shape index (κ2) is 6.69. The highest BCUT2D eigenvalue weighted by Gasteiger charge is 2.08. The number of carbonyl (C=O) groups is 1. The summed E-state index contributed by atoms with van der Waals surface area (Å²) in [5.74, 6) is 4.49. The first-order valence-corrected chi connectivity index (χ1v) is 6.37. The minimum Gasteiger partial charge on any atom is -0.384 e. The van der Waals surface area contributed by atoms with Crippen molar-refractivity contribution in [3.63, 3.8) is 0 Å². The van der Waals surface area contributed by atoms with Gasteiger partial charge in [0, 0.05) is 16.8 Å². The van der Waals surface area contributed by atoms with Crippen LogP contribution in [0.4, 0.5) is 10.1 Å². The summed E-state index contributed by atoms with van der Waals surface area (Å²) in [6.07, 6.45) is 0. The molecule has 0 bridgehead atoms. The zero-order valence-corrected chi connectivity index (χ0v) is 11.5. The molecule has 0 fully saturated rings. The second-order valence-electron chi connectivity index (χ2n) is 4.46. The number of rotatable bonds is 2. The summed E-state index contributed by atoms with van der Waals surface area (Å²) in [6, 6.07) is 11.3. The SMILES string of the molecule is Cc1ccc(C(=O)Nc2cccc(C#CCO)c2)cc1F. The maximum Gasteiger partial charge on any atom is 0.255 e. The Morgan fingerprint density at radius 2 is 2.10 bits per heavy atom. The Morgan fingerprint density at radius 1 is 1.29 bits per heavy atom. The predicted octanol–water partition coefficient (Wildman–Crippen LogP) is 2.73. The molecule has 0 atom stereocenters. The van der Waals surface area contributed by atoms with E-state index < -0.39 is 5.82 Å². The molecule has 0 saturated carbocycles. The van der Waals surface area contributed by atoms with Crippen LogP contribution >= 0.6 is 0 Å². The van der Waals surface area contributed by atoms with Crippen molar-refractivity contribution in [1.82, 2.24) is 0 Å². The van der Waals surface area contributed by atoms with E-state index in [1.54, 1.807) is 43.3 Å². The van der Waals surface area contributed by atoms with Crippen molar-refractivity contribution in [2.45, 2.75) is 6.92 Å². The first kappa shape index (κ1) is 14.8. The van der Waals surface area contributed by atoms with Crippen molar-refractivity contribution in [1.29, 1.82) is 0 Å². The van der Waals surface area contributed by atoms with Crippen molar-refractivity contribution in [3.05, 3.63) is 65.0 Å². The Balaban J connectivity index is 2.17. The lowest BCUT2D eigenvalue weighted by Crippen LogP contribution is -2.12. The largest absolute Gasteiger partial charge is 0.384 e. The summed E-state index contributed by atoms with van der Waals surface area (Å²) in [7, 11) is 0. The lowest BCUT2D eigenvalue weighted by atomic mass is 10.1. The van der Waals surface area contributed by atoms with E-state index in [-0.39, 0.29) is 18.1 Å². The van der Waals surface area contributed by atoms with Gasteiger partial charge >= 0.3 is 0 Å². The highest BCUT2D eigenvalue weighted by Crippen LogP contribution is 2.14. The quantitative estimate of drug-likeness (QED) is 0.833. The van der Waals surface area contributed by atoms with Gasteiger partial charge in [0.25, 0.3) is 5.91 Å². The summed E-state index contributed by atoms with van der Waals surface area (Å²) < 4.78 is 13.5. The molecule has 0 aromatic heterocycles. The molecule has 21 heavy (non-hydrogen) atoms. The van der Waals surface area contributed by atoms with Crippen molar-refractivity contribution in [2.24, 2.45) is 0 Å². The van der Waals surface area contributed by atoms with E-state index in [1.165, 1.54) is 6.07 Å². The topological polar surface area (TPSA) is 49.3 Å². The first-order chi connectivity index (χ1) is 10.1. The number of halogens is 1. The van der Waals surface area contributed by atoms with Crippen LogP contribution in [-0.2, 0) is 0 Å². The minimum atomic E-state index is -0.412. The molecule has 0 radical (unpaired) electrons. The van der Waals surface area contributed by atoms with E-state index in [0.29, 0.717) is 16.8 Å². The van der Waals surface area contributed by atoms with Gasteiger partial charge in [-0.2, -0.15) is 0 Å². The maximum absolute atomic E-state index is 13.5. The number of benzene rings is 2.